The van der Waals surface area contributed by atoms with E-state index in [0.29, 0.717) is 6.42 Å². The molecule has 2 heterocycles. The average molecular weight is 417 g/mol. The van der Waals surface area contributed by atoms with Crippen LogP contribution in [0, 0.1) is 0 Å². The Balaban J connectivity index is 1.93. The third kappa shape index (κ3) is 7.07. The van der Waals surface area contributed by atoms with Gasteiger partial charge >= 0.3 is 7.75 Å². The van der Waals surface area contributed by atoms with Crippen LogP contribution >= 0.6 is 7.75 Å². The molecule has 2 saturated heterocycles. The largest absolute Gasteiger partial charge is 0.403 e. The van der Waals surface area contributed by atoms with E-state index in [9.17, 15) is 14.6 Å². The molecule has 0 bridgehead atoms. The molecule has 158 valence electrons. The van der Waals surface area contributed by atoms with Gasteiger partial charge in [0, 0.05) is 18.6 Å². The minimum Gasteiger partial charge on any atom is -0.388 e. The highest BCUT2D eigenvalue weighted by Gasteiger charge is 2.46. The monoisotopic (exact) mass is 417 g/mol. The van der Waals surface area contributed by atoms with Crippen molar-refractivity contribution in [2.24, 2.45) is 0 Å². The zero-order valence-electron chi connectivity index (χ0n) is 16.8. The SMILES string of the molecule is [B][C@@H]1O[C@H](COC(C)C)C(OP(=O)(O)NC[C@H]2O[C@@H]([B])CC2OC(C)C)C1O. The summed E-state index contributed by atoms with van der Waals surface area (Å²) < 4.78 is 39.9. The van der Waals surface area contributed by atoms with Gasteiger partial charge in [-0.3, -0.25) is 4.52 Å². The predicted octanol–water partition coefficient (Wildman–Crippen LogP) is -0.182. The average Bonchev–Trinajstić information content (AvgIpc) is 3.04. The van der Waals surface area contributed by atoms with Crippen molar-refractivity contribution in [3.05, 3.63) is 0 Å². The fraction of sp³-hybridized carbons (Fsp3) is 1.00. The van der Waals surface area contributed by atoms with Gasteiger partial charge in [0.1, 0.15) is 34.0 Å². The lowest BCUT2D eigenvalue weighted by Gasteiger charge is -2.26. The van der Waals surface area contributed by atoms with Crippen molar-refractivity contribution in [3.63, 3.8) is 0 Å². The summed E-state index contributed by atoms with van der Waals surface area (Å²) in [5, 5.41) is 12.6. The third-order valence-electron chi connectivity index (χ3n) is 4.40. The van der Waals surface area contributed by atoms with Gasteiger partial charge in [0.25, 0.3) is 0 Å². The van der Waals surface area contributed by atoms with Gasteiger partial charge in [-0.15, -0.1) is 0 Å². The zero-order valence-corrected chi connectivity index (χ0v) is 17.7. The zero-order chi connectivity index (χ0) is 21.1. The summed E-state index contributed by atoms with van der Waals surface area (Å²) in [7, 11) is 7.19. The van der Waals surface area contributed by atoms with E-state index in [1.54, 1.807) is 0 Å². The van der Waals surface area contributed by atoms with Gasteiger partial charge in [-0.2, -0.15) is 0 Å². The molecule has 2 fully saturated rings. The normalized spacial score (nSPS) is 38.4. The quantitative estimate of drug-likeness (QED) is 0.329. The Kier molecular flexibility index (Phi) is 9.01. The van der Waals surface area contributed by atoms with Gasteiger partial charge in [0.05, 0.1) is 31.0 Å². The minimum atomic E-state index is -4.30. The molecule has 8 atom stereocenters. The molecule has 0 aromatic rings. The molecule has 0 aliphatic carbocycles. The molecule has 4 unspecified atom stereocenters. The number of hydrogen-bond acceptors (Lipinski definition) is 7. The second-order valence-corrected chi connectivity index (χ2v) is 9.20. The number of ether oxygens (including phenoxy) is 4. The number of hydrogen-bond donors (Lipinski definition) is 3. The Labute approximate surface area is 169 Å². The van der Waals surface area contributed by atoms with Crippen LogP contribution in [0.1, 0.15) is 34.1 Å². The van der Waals surface area contributed by atoms with E-state index in [1.165, 1.54) is 0 Å². The molecule has 2 aliphatic rings. The summed E-state index contributed by atoms with van der Waals surface area (Å²) in [6.45, 7) is 7.50. The molecular weight excluding hydrogens is 387 g/mol. The first-order valence-corrected chi connectivity index (χ1v) is 11.1. The van der Waals surface area contributed by atoms with Crippen LogP contribution in [0.5, 0.6) is 0 Å². The maximum Gasteiger partial charge on any atom is 0.403 e. The van der Waals surface area contributed by atoms with Crippen LogP contribution < -0.4 is 5.09 Å². The first-order chi connectivity index (χ1) is 13.0. The van der Waals surface area contributed by atoms with Crippen molar-refractivity contribution >= 4 is 23.4 Å². The van der Waals surface area contributed by atoms with E-state index in [4.69, 9.17) is 39.2 Å². The van der Waals surface area contributed by atoms with E-state index in [-0.39, 0.29) is 31.5 Å². The standard InChI is InChI=1S/C16H30B2NO8P/c1-8(2)23-7-12-15(14(20)16(18)26-12)27-28(21,22)19-6-11-10(24-9(3)4)5-13(17)25-11/h8-16,20H,5-7H2,1-4H3,(H2,19,21,22)/t10?,11-,12-,13-,14?,15?,16-/m1/s1. The summed E-state index contributed by atoms with van der Waals surface area (Å²) in [4.78, 5) is 10.2. The van der Waals surface area contributed by atoms with Crippen molar-refractivity contribution in [2.75, 3.05) is 13.2 Å². The van der Waals surface area contributed by atoms with Gasteiger partial charge in [0.15, 0.2) is 0 Å². The predicted molar refractivity (Wildman–Crippen MR) is 103 cm³/mol. The first kappa shape index (κ1) is 24.3. The number of aliphatic hydroxyl groups is 1. The van der Waals surface area contributed by atoms with E-state index in [0.717, 1.165) is 0 Å². The van der Waals surface area contributed by atoms with Crippen LogP contribution in [0.2, 0.25) is 0 Å². The second-order valence-electron chi connectivity index (χ2n) is 7.64. The lowest BCUT2D eigenvalue weighted by Crippen LogP contribution is -2.40. The Bertz CT molecular complexity index is 543. The van der Waals surface area contributed by atoms with Crippen LogP contribution in [0.15, 0.2) is 0 Å². The van der Waals surface area contributed by atoms with Gasteiger partial charge in [0.2, 0.25) is 0 Å². The van der Waals surface area contributed by atoms with Crippen molar-refractivity contribution < 1.29 is 38.0 Å². The van der Waals surface area contributed by atoms with Crippen LogP contribution in [0.4, 0.5) is 0 Å². The maximum absolute atomic E-state index is 12.5. The fourth-order valence-corrected chi connectivity index (χ4v) is 4.22. The van der Waals surface area contributed by atoms with Gasteiger partial charge in [-0.1, -0.05) is 0 Å². The molecule has 3 N–H and O–H groups in total. The topological polar surface area (TPSA) is 116 Å². The van der Waals surface area contributed by atoms with E-state index >= 15 is 0 Å². The molecule has 0 aromatic heterocycles. The lowest BCUT2D eigenvalue weighted by atomic mass is 9.93. The minimum absolute atomic E-state index is 0.0122. The molecule has 0 saturated carbocycles. The van der Waals surface area contributed by atoms with Gasteiger partial charge in [-0.25, -0.2) is 9.65 Å². The summed E-state index contributed by atoms with van der Waals surface area (Å²) in [6.07, 6.45) is -3.60. The highest BCUT2D eigenvalue weighted by atomic mass is 31.2. The molecule has 0 spiro atoms. The summed E-state index contributed by atoms with van der Waals surface area (Å²) in [6, 6.07) is -1.54. The molecular formula is C16H30B2NO8P. The smallest absolute Gasteiger partial charge is 0.388 e. The third-order valence-corrected chi connectivity index (χ3v) is 5.51. The van der Waals surface area contributed by atoms with Gasteiger partial charge in [-0.05, 0) is 34.1 Å². The molecule has 28 heavy (non-hydrogen) atoms. The van der Waals surface area contributed by atoms with Crippen LogP contribution in [0.25, 0.3) is 0 Å². The van der Waals surface area contributed by atoms with Crippen molar-refractivity contribution in [1.82, 2.24) is 5.09 Å². The van der Waals surface area contributed by atoms with Crippen molar-refractivity contribution in [3.8, 4) is 0 Å². The summed E-state index contributed by atoms with van der Waals surface area (Å²) >= 11 is 0. The van der Waals surface area contributed by atoms with Crippen LogP contribution in [-0.4, -0.2) is 93.6 Å². The first-order valence-electron chi connectivity index (χ1n) is 9.52. The molecule has 2 rings (SSSR count). The van der Waals surface area contributed by atoms with Crippen LogP contribution in [0.3, 0.4) is 0 Å². The molecule has 0 amide bonds. The van der Waals surface area contributed by atoms with E-state index in [2.05, 4.69) is 5.09 Å². The van der Waals surface area contributed by atoms with E-state index in [1.807, 2.05) is 27.7 Å². The number of aliphatic hydroxyl groups excluding tert-OH is 1. The summed E-state index contributed by atoms with van der Waals surface area (Å²) in [5.41, 5.74) is 0. The summed E-state index contributed by atoms with van der Waals surface area (Å²) in [5.74, 6) is 0. The number of nitrogens with one attached hydrogen (secondary N) is 1. The van der Waals surface area contributed by atoms with Gasteiger partial charge < -0.3 is 28.9 Å². The Morgan fingerprint density at radius 1 is 1.18 bits per heavy atom. The van der Waals surface area contributed by atoms with Crippen molar-refractivity contribution in [2.45, 2.75) is 88.9 Å². The van der Waals surface area contributed by atoms with E-state index < -0.39 is 44.2 Å². The van der Waals surface area contributed by atoms with Crippen molar-refractivity contribution in [1.29, 1.82) is 0 Å². The fourth-order valence-electron chi connectivity index (χ4n) is 3.15. The molecule has 12 heteroatoms. The Morgan fingerprint density at radius 3 is 2.46 bits per heavy atom. The number of rotatable bonds is 10. The highest BCUT2D eigenvalue weighted by Crippen LogP contribution is 2.42. The molecule has 4 radical (unpaired) electrons. The maximum atomic E-state index is 12.5. The molecule has 2 aliphatic heterocycles. The van der Waals surface area contributed by atoms with Crippen LogP contribution in [-0.2, 0) is 28.0 Å². The Hall–Kier alpha value is 0.0399. The lowest BCUT2D eigenvalue weighted by molar-refractivity contribution is -0.0466. The Morgan fingerprint density at radius 2 is 1.86 bits per heavy atom. The highest BCUT2D eigenvalue weighted by molar-refractivity contribution is 7.50. The molecule has 9 nitrogen and oxygen atoms in total. The second kappa shape index (κ2) is 10.4. The molecule has 0 aromatic carbocycles.